The number of benzene rings is 1. The van der Waals surface area contributed by atoms with Crippen molar-refractivity contribution in [1.82, 2.24) is 29.9 Å². The zero-order chi connectivity index (χ0) is 14.7. The number of aromatic nitrogens is 5. The number of para-hydroxylation sites is 1. The van der Waals surface area contributed by atoms with E-state index in [9.17, 15) is 4.79 Å². The Balaban J connectivity index is 1.75. The fraction of sp³-hybridized carbons (Fsp3) is 0.143. The van der Waals surface area contributed by atoms with Crippen molar-refractivity contribution < 1.29 is 4.79 Å². The van der Waals surface area contributed by atoms with Crippen molar-refractivity contribution in [2.24, 2.45) is 0 Å². The molecule has 7 heteroatoms. The normalized spacial score (nSPS) is 10.5. The molecule has 21 heavy (non-hydrogen) atoms. The fourth-order valence-electron chi connectivity index (χ4n) is 1.92. The van der Waals surface area contributed by atoms with E-state index in [2.05, 4.69) is 20.2 Å². The summed E-state index contributed by atoms with van der Waals surface area (Å²) in [5.74, 6) is 0.523. The van der Waals surface area contributed by atoms with E-state index >= 15 is 0 Å². The average molecular weight is 282 g/mol. The first kappa shape index (κ1) is 13.0. The van der Waals surface area contributed by atoms with E-state index in [1.807, 2.05) is 30.3 Å². The third kappa shape index (κ3) is 2.81. The molecule has 0 aliphatic rings. The zero-order valence-electron chi connectivity index (χ0n) is 11.5. The summed E-state index contributed by atoms with van der Waals surface area (Å²) in [5.41, 5.74) is 1.11. The van der Waals surface area contributed by atoms with Crippen LogP contribution in [0, 0.1) is 0 Å². The van der Waals surface area contributed by atoms with Crippen molar-refractivity contribution in [2.75, 3.05) is 7.05 Å². The van der Waals surface area contributed by atoms with Crippen LogP contribution in [-0.2, 0) is 6.54 Å². The number of nitrogens with zero attached hydrogens (tertiary/aromatic N) is 5. The molecule has 1 N–H and O–H groups in total. The Kier molecular flexibility index (Phi) is 3.46. The summed E-state index contributed by atoms with van der Waals surface area (Å²) in [6, 6.07) is 9.45. The van der Waals surface area contributed by atoms with E-state index in [-0.39, 0.29) is 5.91 Å². The van der Waals surface area contributed by atoms with Crippen LogP contribution in [0.4, 0.5) is 0 Å². The van der Waals surface area contributed by atoms with Gasteiger partial charge in [0.05, 0.1) is 18.4 Å². The number of imidazole rings is 1. The predicted octanol–water partition coefficient (Wildman–Crippen LogP) is 1.26. The molecule has 3 rings (SSSR count). The summed E-state index contributed by atoms with van der Waals surface area (Å²) in [5, 5.41) is 8.34. The molecule has 0 aliphatic carbocycles. The predicted molar refractivity (Wildman–Crippen MR) is 75.7 cm³/mol. The van der Waals surface area contributed by atoms with Gasteiger partial charge >= 0.3 is 0 Å². The first-order valence-corrected chi connectivity index (χ1v) is 6.45. The number of amides is 1. The molecule has 7 nitrogen and oxygen atoms in total. The van der Waals surface area contributed by atoms with E-state index in [0.29, 0.717) is 12.2 Å². The molecule has 3 aromatic rings. The van der Waals surface area contributed by atoms with Crippen molar-refractivity contribution >= 4 is 5.91 Å². The minimum absolute atomic E-state index is 0.200. The highest BCUT2D eigenvalue weighted by atomic mass is 16.2. The van der Waals surface area contributed by atoms with Crippen LogP contribution < -0.4 is 0 Å². The molecule has 0 saturated heterocycles. The molecule has 0 bridgehead atoms. The van der Waals surface area contributed by atoms with Crippen LogP contribution in [-0.4, -0.2) is 42.8 Å². The number of rotatable bonds is 4. The lowest BCUT2D eigenvalue weighted by Gasteiger charge is -2.13. The number of nitrogens with one attached hydrogen (secondary N) is 1. The molecule has 1 aromatic carbocycles. The number of H-pyrrole nitrogens is 1. The van der Waals surface area contributed by atoms with Gasteiger partial charge < -0.3 is 9.88 Å². The van der Waals surface area contributed by atoms with Crippen molar-refractivity contribution in [3.8, 4) is 5.69 Å². The van der Waals surface area contributed by atoms with Crippen LogP contribution in [0.3, 0.4) is 0 Å². The van der Waals surface area contributed by atoms with Crippen molar-refractivity contribution in [1.29, 1.82) is 0 Å². The van der Waals surface area contributed by atoms with Gasteiger partial charge in [-0.25, -0.2) is 4.98 Å². The zero-order valence-corrected chi connectivity index (χ0v) is 11.5. The van der Waals surface area contributed by atoms with E-state index in [0.717, 1.165) is 11.5 Å². The number of hydrogen-bond acceptors (Lipinski definition) is 4. The largest absolute Gasteiger partial charge is 0.347 e. The molecule has 2 aromatic heterocycles. The topological polar surface area (TPSA) is 79.7 Å². The van der Waals surface area contributed by atoms with Crippen LogP contribution in [0.15, 0.2) is 48.9 Å². The highest BCUT2D eigenvalue weighted by Gasteiger charge is 2.17. The minimum atomic E-state index is -0.200. The number of carbonyl (C=O) groups excluding carboxylic acids is 1. The van der Waals surface area contributed by atoms with Gasteiger partial charge in [0.1, 0.15) is 5.82 Å². The van der Waals surface area contributed by atoms with Gasteiger partial charge in [-0.3, -0.25) is 4.79 Å². The van der Waals surface area contributed by atoms with Gasteiger partial charge in [0.25, 0.3) is 5.91 Å². The van der Waals surface area contributed by atoms with Crippen LogP contribution in [0.1, 0.15) is 16.3 Å². The van der Waals surface area contributed by atoms with Crippen LogP contribution >= 0.6 is 0 Å². The van der Waals surface area contributed by atoms with Gasteiger partial charge in [-0.2, -0.15) is 9.90 Å². The quantitative estimate of drug-likeness (QED) is 0.781. The smallest absolute Gasteiger partial charge is 0.276 e. The van der Waals surface area contributed by atoms with Gasteiger partial charge in [-0.05, 0) is 12.1 Å². The standard InChI is InChI=1S/C14H14N6O/c1-19(10-13-15-7-8-16-13)14(21)12-9-17-20(18-12)11-5-3-2-4-6-11/h2-9H,10H2,1H3,(H,15,16). The third-order valence-corrected chi connectivity index (χ3v) is 2.99. The van der Waals surface area contributed by atoms with Crippen LogP contribution in [0.5, 0.6) is 0 Å². The van der Waals surface area contributed by atoms with Crippen molar-refractivity contribution in [3.05, 3.63) is 60.4 Å². The van der Waals surface area contributed by atoms with E-state index in [1.165, 1.54) is 15.9 Å². The number of aromatic amines is 1. The molecule has 0 fully saturated rings. The SMILES string of the molecule is CN(Cc1ncc[nH]1)C(=O)c1cnn(-c2ccccc2)n1. The molecule has 0 radical (unpaired) electrons. The molecule has 0 spiro atoms. The lowest BCUT2D eigenvalue weighted by atomic mass is 10.3. The summed E-state index contributed by atoms with van der Waals surface area (Å²) in [4.78, 5) is 22.3. The maximum absolute atomic E-state index is 12.3. The van der Waals surface area contributed by atoms with Gasteiger partial charge in [0, 0.05) is 19.4 Å². The second-order valence-electron chi connectivity index (χ2n) is 4.55. The summed E-state index contributed by atoms with van der Waals surface area (Å²) in [7, 11) is 1.70. The molecule has 0 atom stereocenters. The van der Waals surface area contributed by atoms with Crippen molar-refractivity contribution in [2.45, 2.75) is 6.54 Å². The van der Waals surface area contributed by atoms with Crippen molar-refractivity contribution in [3.63, 3.8) is 0 Å². The Hall–Kier alpha value is -2.96. The monoisotopic (exact) mass is 282 g/mol. The highest BCUT2D eigenvalue weighted by Crippen LogP contribution is 2.07. The maximum Gasteiger partial charge on any atom is 0.276 e. The summed E-state index contributed by atoms with van der Waals surface area (Å²) in [6.07, 6.45) is 4.84. The Labute approximate surface area is 121 Å². The summed E-state index contributed by atoms with van der Waals surface area (Å²) < 4.78 is 0. The van der Waals surface area contributed by atoms with E-state index in [4.69, 9.17) is 0 Å². The van der Waals surface area contributed by atoms with Gasteiger partial charge in [-0.1, -0.05) is 18.2 Å². The average Bonchev–Trinajstić information content (AvgIpc) is 3.18. The Bertz CT molecular complexity index is 719. The van der Waals surface area contributed by atoms with Gasteiger partial charge in [0.15, 0.2) is 5.69 Å². The number of hydrogen-bond donors (Lipinski definition) is 1. The molecule has 0 unspecified atom stereocenters. The number of carbonyl (C=O) groups is 1. The van der Waals surface area contributed by atoms with E-state index < -0.39 is 0 Å². The third-order valence-electron chi connectivity index (χ3n) is 2.99. The Morgan fingerprint density at radius 1 is 1.33 bits per heavy atom. The molecule has 2 heterocycles. The summed E-state index contributed by atoms with van der Waals surface area (Å²) in [6.45, 7) is 0.393. The molecule has 0 aliphatic heterocycles. The molecular formula is C14H14N6O. The lowest BCUT2D eigenvalue weighted by molar-refractivity contribution is 0.0775. The van der Waals surface area contributed by atoms with Crippen LogP contribution in [0.2, 0.25) is 0 Å². The van der Waals surface area contributed by atoms with Gasteiger partial charge in [-0.15, -0.1) is 5.10 Å². The van der Waals surface area contributed by atoms with Gasteiger partial charge in [0.2, 0.25) is 0 Å². The Morgan fingerprint density at radius 3 is 2.86 bits per heavy atom. The summed E-state index contributed by atoms with van der Waals surface area (Å²) >= 11 is 0. The van der Waals surface area contributed by atoms with Crippen LogP contribution in [0.25, 0.3) is 5.69 Å². The highest BCUT2D eigenvalue weighted by molar-refractivity contribution is 5.91. The first-order valence-electron chi connectivity index (χ1n) is 6.45. The van der Waals surface area contributed by atoms with E-state index in [1.54, 1.807) is 19.4 Å². The maximum atomic E-state index is 12.3. The first-order chi connectivity index (χ1) is 10.2. The lowest BCUT2D eigenvalue weighted by Crippen LogP contribution is -2.27. The Morgan fingerprint density at radius 2 is 2.14 bits per heavy atom. The fourth-order valence-corrected chi connectivity index (χ4v) is 1.92. The minimum Gasteiger partial charge on any atom is -0.347 e. The molecular weight excluding hydrogens is 268 g/mol. The molecule has 106 valence electrons. The molecule has 1 amide bonds. The molecule has 0 saturated carbocycles. The second kappa shape index (κ2) is 5.58. The second-order valence-corrected chi connectivity index (χ2v) is 4.55.